The second-order valence-corrected chi connectivity index (χ2v) is 7.10. The van der Waals surface area contributed by atoms with E-state index in [0.29, 0.717) is 0 Å². The van der Waals surface area contributed by atoms with Gasteiger partial charge < -0.3 is 10.6 Å². The topological polar surface area (TPSA) is 47.1 Å². The van der Waals surface area contributed by atoms with Gasteiger partial charge in [-0.05, 0) is 42.4 Å². The Morgan fingerprint density at radius 2 is 2.10 bits per heavy atom. The number of halogens is 1. The van der Waals surface area contributed by atoms with Crippen LogP contribution >= 0.6 is 15.9 Å². The van der Waals surface area contributed by atoms with Crippen molar-refractivity contribution in [3.05, 3.63) is 16.4 Å². The first-order valence-electron chi connectivity index (χ1n) is 7.69. The molecule has 1 unspecified atom stereocenters. The van der Waals surface area contributed by atoms with Crippen LogP contribution < -0.4 is 5.73 Å². The fourth-order valence-corrected chi connectivity index (χ4v) is 3.70. The van der Waals surface area contributed by atoms with Crippen molar-refractivity contribution >= 4 is 15.9 Å². The molecule has 114 valence electrons. The summed E-state index contributed by atoms with van der Waals surface area (Å²) in [5.74, 6) is 0.794. The average molecular weight is 343 g/mol. The van der Waals surface area contributed by atoms with Crippen molar-refractivity contribution in [2.75, 3.05) is 20.6 Å². The van der Waals surface area contributed by atoms with Gasteiger partial charge in [0.25, 0.3) is 0 Å². The van der Waals surface area contributed by atoms with Crippen LogP contribution in [0.15, 0.2) is 10.7 Å². The lowest BCUT2D eigenvalue weighted by Crippen LogP contribution is -2.24. The van der Waals surface area contributed by atoms with Crippen LogP contribution in [0.2, 0.25) is 0 Å². The maximum atomic E-state index is 6.47. The Morgan fingerprint density at radius 3 is 2.75 bits per heavy atom. The maximum absolute atomic E-state index is 6.47. The molecule has 0 spiro atoms. The molecule has 0 aliphatic heterocycles. The van der Waals surface area contributed by atoms with Gasteiger partial charge in [-0.25, -0.2) is 0 Å². The van der Waals surface area contributed by atoms with Gasteiger partial charge in [0.15, 0.2) is 0 Å². The summed E-state index contributed by atoms with van der Waals surface area (Å²) in [6.45, 7) is 1.88. The van der Waals surface area contributed by atoms with E-state index in [0.717, 1.165) is 35.6 Å². The monoisotopic (exact) mass is 342 g/mol. The molecule has 5 heteroatoms. The smallest absolute Gasteiger partial charge is 0.0694 e. The fourth-order valence-electron chi connectivity index (χ4n) is 3.11. The molecular formula is C15H27BrN4. The van der Waals surface area contributed by atoms with Gasteiger partial charge in [0, 0.05) is 12.6 Å². The van der Waals surface area contributed by atoms with Crippen LogP contribution in [-0.4, -0.2) is 35.3 Å². The molecule has 2 N–H and O–H groups in total. The highest BCUT2D eigenvalue weighted by Gasteiger charge is 2.22. The molecule has 1 aromatic rings. The second kappa shape index (κ2) is 7.57. The molecule has 1 aliphatic carbocycles. The number of aromatic nitrogens is 2. The van der Waals surface area contributed by atoms with Gasteiger partial charge in [0.05, 0.1) is 22.9 Å². The molecule has 1 atom stereocenters. The molecule has 1 fully saturated rings. The lowest BCUT2D eigenvalue weighted by molar-refractivity contribution is 0.310. The van der Waals surface area contributed by atoms with E-state index in [-0.39, 0.29) is 6.04 Å². The minimum Gasteiger partial charge on any atom is -0.323 e. The van der Waals surface area contributed by atoms with Crippen molar-refractivity contribution in [3.8, 4) is 0 Å². The van der Waals surface area contributed by atoms with E-state index in [4.69, 9.17) is 5.73 Å². The molecule has 2 rings (SSSR count). The fraction of sp³-hybridized carbons (Fsp3) is 0.800. The van der Waals surface area contributed by atoms with E-state index in [2.05, 4.69) is 44.7 Å². The predicted molar refractivity (Wildman–Crippen MR) is 86.6 cm³/mol. The van der Waals surface area contributed by atoms with Crippen LogP contribution in [-0.2, 0) is 6.54 Å². The number of nitrogens with two attached hydrogens (primary N) is 1. The summed E-state index contributed by atoms with van der Waals surface area (Å²) in [5.41, 5.74) is 7.64. The highest BCUT2D eigenvalue weighted by molar-refractivity contribution is 9.10. The van der Waals surface area contributed by atoms with Crippen molar-refractivity contribution in [2.24, 2.45) is 11.7 Å². The first-order valence-corrected chi connectivity index (χ1v) is 8.48. The van der Waals surface area contributed by atoms with Gasteiger partial charge in [-0.2, -0.15) is 5.10 Å². The van der Waals surface area contributed by atoms with Crippen molar-refractivity contribution in [2.45, 2.75) is 51.1 Å². The van der Waals surface area contributed by atoms with E-state index in [1.165, 1.54) is 32.1 Å². The summed E-state index contributed by atoms with van der Waals surface area (Å²) in [6, 6.07) is 0.0946. The zero-order valence-electron chi connectivity index (χ0n) is 12.7. The van der Waals surface area contributed by atoms with Gasteiger partial charge in [-0.3, -0.25) is 4.68 Å². The van der Waals surface area contributed by atoms with E-state index in [9.17, 15) is 0 Å². The molecule has 0 saturated heterocycles. The van der Waals surface area contributed by atoms with Gasteiger partial charge in [-0.15, -0.1) is 0 Å². The number of hydrogen-bond acceptors (Lipinski definition) is 3. The molecule has 0 bridgehead atoms. The molecule has 1 heterocycles. The Labute approximate surface area is 130 Å². The minimum absolute atomic E-state index is 0.0946. The number of rotatable bonds is 6. The van der Waals surface area contributed by atoms with Crippen molar-refractivity contribution in [3.63, 3.8) is 0 Å². The lowest BCUT2D eigenvalue weighted by atomic mass is 9.84. The third-order valence-corrected chi connectivity index (χ3v) is 4.87. The van der Waals surface area contributed by atoms with Crippen LogP contribution in [0.25, 0.3) is 0 Å². The maximum Gasteiger partial charge on any atom is 0.0694 e. The van der Waals surface area contributed by atoms with Gasteiger partial charge >= 0.3 is 0 Å². The highest BCUT2D eigenvalue weighted by Crippen LogP contribution is 2.33. The van der Waals surface area contributed by atoms with Crippen LogP contribution in [0.4, 0.5) is 0 Å². The molecule has 4 nitrogen and oxygen atoms in total. The van der Waals surface area contributed by atoms with E-state index < -0.39 is 0 Å². The third-order valence-electron chi connectivity index (χ3n) is 4.26. The second-order valence-electron chi connectivity index (χ2n) is 6.25. The molecule has 0 aromatic carbocycles. The Balaban J connectivity index is 2.00. The molecule has 0 radical (unpaired) electrons. The normalized spacial score (nSPS) is 18.6. The van der Waals surface area contributed by atoms with Gasteiger partial charge in [0.2, 0.25) is 0 Å². The standard InChI is InChI=1S/C15H27BrN4/c1-19(2)8-9-20-15(13(16)11-18-20)14(17)10-12-6-4-3-5-7-12/h11-12,14H,3-10,17H2,1-2H3. The summed E-state index contributed by atoms with van der Waals surface area (Å²) in [5, 5.41) is 4.46. The Kier molecular flexibility index (Phi) is 6.05. The average Bonchev–Trinajstić information content (AvgIpc) is 2.78. The molecule has 1 saturated carbocycles. The summed E-state index contributed by atoms with van der Waals surface area (Å²) < 4.78 is 3.12. The summed E-state index contributed by atoms with van der Waals surface area (Å²) >= 11 is 3.61. The van der Waals surface area contributed by atoms with Crippen LogP contribution in [0.1, 0.15) is 50.3 Å². The third kappa shape index (κ3) is 4.30. The van der Waals surface area contributed by atoms with Crippen molar-refractivity contribution in [1.82, 2.24) is 14.7 Å². The zero-order chi connectivity index (χ0) is 14.5. The Hall–Kier alpha value is -0.390. The van der Waals surface area contributed by atoms with Crippen molar-refractivity contribution in [1.29, 1.82) is 0 Å². The molecule has 1 aliphatic rings. The van der Waals surface area contributed by atoms with Crippen LogP contribution in [0.5, 0.6) is 0 Å². The quantitative estimate of drug-likeness (QED) is 0.863. The number of hydrogen-bond donors (Lipinski definition) is 1. The lowest BCUT2D eigenvalue weighted by Gasteiger charge is -2.25. The molecule has 20 heavy (non-hydrogen) atoms. The molecular weight excluding hydrogens is 316 g/mol. The van der Waals surface area contributed by atoms with E-state index in [1.807, 2.05) is 6.20 Å². The zero-order valence-corrected chi connectivity index (χ0v) is 14.3. The molecule has 0 amide bonds. The number of nitrogens with zero attached hydrogens (tertiary/aromatic N) is 3. The highest BCUT2D eigenvalue weighted by atomic mass is 79.9. The first-order chi connectivity index (χ1) is 9.58. The van der Waals surface area contributed by atoms with Crippen LogP contribution in [0, 0.1) is 5.92 Å². The van der Waals surface area contributed by atoms with Gasteiger partial charge in [-0.1, -0.05) is 32.1 Å². The largest absolute Gasteiger partial charge is 0.323 e. The van der Waals surface area contributed by atoms with Crippen molar-refractivity contribution < 1.29 is 0 Å². The van der Waals surface area contributed by atoms with Gasteiger partial charge in [0.1, 0.15) is 0 Å². The first kappa shape index (κ1) is 16.0. The molecule has 1 aromatic heterocycles. The summed E-state index contributed by atoms with van der Waals surface area (Å²) in [4.78, 5) is 2.17. The Morgan fingerprint density at radius 1 is 1.40 bits per heavy atom. The Bertz CT molecular complexity index is 410. The summed E-state index contributed by atoms with van der Waals surface area (Å²) in [7, 11) is 4.17. The van der Waals surface area contributed by atoms with Crippen LogP contribution in [0.3, 0.4) is 0 Å². The SMILES string of the molecule is CN(C)CCn1ncc(Br)c1C(N)CC1CCCCC1. The predicted octanol–water partition coefficient (Wildman–Crippen LogP) is 3.18. The van der Waals surface area contributed by atoms with E-state index >= 15 is 0 Å². The summed E-state index contributed by atoms with van der Waals surface area (Å²) in [6.07, 6.45) is 9.80. The minimum atomic E-state index is 0.0946. The number of likely N-dealkylation sites (N-methyl/N-ethyl adjacent to an activating group) is 1. The van der Waals surface area contributed by atoms with E-state index in [1.54, 1.807) is 0 Å².